The van der Waals surface area contributed by atoms with Crippen LogP contribution in [0.1, 0.15) is 0 Å². The Morgan fingerprint density at radius 1 is 0.274 bits per heavy atom. The third kappa shape index (κ3) is 12.7. The van der Waals surface area contributed by atoms with E-state index < -0.39 is 0 Å². The molecule has 3 aromatic heterocycles. The average Bonchev–Trinajstić information content (AvgIpc) is 4.11. The Hall–Kier alpha value is -2.66. The summed E-state index contributed by atoms with van der Waals surface area (Å²) in [6, 6.07) is 15.9. The number of hydrogen-bond donors (Lipinski definition) is 8. The minimum absolute atomic E-state index is 0. The van der Waals surface area contributed by atoms with Gasteiger partial charge in [-0.1, -0.05) is 0 Å². The molecule has 5 heterocycles. The molecule has 0 atom stereocenters. The number of aliphatic hydroxyl groups is 8. The van der Waals surface area contributed by atoms with Crippen molar-refractivity contribution < 1.29 is 60.3 Å². The minimum Gasteiger partial charge on any atom is -0.396 e. The molecule has 0 fully saturated rings. The van der Waals surface area contributed by atoms with Crippen LogP contribution in [-0.2, 0) is 19.5 Å². The fraction of sp³-hybridized carbons (Fsp3) is 0.333. The summed E-state index contributed by atoms with van der Waals surface area (Å²) in [4.78, 5) is 48.5. The van der Waals surface area contributed by atoms with Crippen LogP contribution in [0.5, 0.6) is 0 Å². The molecule has 0 saturated heterocycles. The van der Waals surface area contributed by atoms with E-state index in [0.717, 1.165) is 39.2 Å². The van der Waals surface area contributed by atoms with Gasteiger partial charge in [-0.05, 0) is 70.1 Å². The predicted octanol–water partition coefficient (Wildman–Crippen LogP) is 6.80. The van der Waals surface area contributed by atoms with Crippen LogP contribution >= 0.6 is 94.1 Å². The molecule has 378 valence electrons. The summed E-state index contributed by atoms with van der Waals surface area (Å²) in [6.45, 7) is -0.347. The Balaban J connectivity index is 0.00000711. The van der Waals surface area contributed by atoms with Gasteiger partial charge in [0.15, 0.2) is 0 Å². The van der Waals surface area contributed by atoms with E-state index in [1.807, 2.05) is 48.5 Å². The molecule has 0 amide bonds. The van der Waals surface area contributed by atoms with Gasteiger partial charge in [-0.2, -0.15) is 0 Å². The van der Waals surface area contributed by atoms with Crippen LogP contribution < -0.4 is 9.97 Å². The number of aromatic nitrogens is 8. The number of benzene rings is 4. The maximum atomic E-state index is 9.91. The van der Waals surface area contributed by atoms with Gasteiger partial charge in [0.05, 0.1) is 76.2 Å². The van der Waals surface area contributed by atoms with E-state index in [4.69, 9.17) is 39.9 Å². The maximum Gasteiger partial charge on any atom is 2.00 e. The molecule has 7 aromatic rings. The first-order valence-electron chi connectivity index (χ1n) is 22.7. The topological polar surface area (TPSA) is 267 Å². The zero-order valence-electron chi connectivity index (χ0n) is 39.1. The largest absolute Gasteiger partial charge is 2.00 e. The Bertz CT molecular complexity index is 2870. The van der Waals surface area contributed by atoms with Gasteiger partial charge in [-0.15, -0.1) is 94.1 Å². The van der Waals surface area contributed by atoms with Crippen LogP contribution in [0.25, 0.3) is 89.7 Å². The van der Waals surface area contributed by atoms with E-state index in [2.05, 4.69) is 0 Å². The monoisotopic (exact) mass is 1180 g/mol. The predicted molar refractivity (Wildman–Crippen MR) is 296 cm³/mol. The van der Waals surface area contributed by atoms with Gasteiger partial charge in [0.2, 0.25) is 0 Å². The van der Waals surface area contributed by atoms with Crippen LogP contribution in [0, 0.1) is 0 Å². The van der Waals surface area contributed by atoms with Gasteiger partial charge in [-0.3, -0.25) is 0 Å². The molecule has 0 aliphatic carbocycles. The SMILES string of the molecule is OCCSc1cc2c(cc1SCCO)-c1nc-2nc2[n-]c(nc3nc(nc4[n-]c(n1)c1cc(SCCO)c(SCCO)cc41)-c1cc(SCCO)c(SCCO)cc1-3)c1cc(SCCO)c(SCCO)cc21.[Zn+2]. The van der Waals surface area contributed by atoms with Crippen molar-refractivity contribution in [2.45, 2.75) is 39.2 Å². The zero-order chi connectivity index (χ0) is 50.1. The summed E-state index contributed by atoms with van der Waals surface area (Å²) < 4.78 is 0. The molecule has 16 nitrogen and oxygen atoms in total. The van der Waals surface area contributed by atoms with E-state index in [-0.39, 0.29) is 72.3 Å². The summed E-state index contributed by atoms with van der Waals surface area (Å²) in [5, 5.41) is 82.0. The summed E-state index contributed by atoms with van der Waals surface area (Å²) in [5.74, 6) is 4.78. The summed E-state index contributed by atoms with van der Waals surface area (Å²) >= 11 is 11.9. The molecule has 2 aliphatic rings. The molecule has 4 aromatic carbocycles. The molecular weight excluding hydrogens is 1140 g/mol. The van der Waals surface area contributed by atoms with E-state index in [1.54, 1.807) is 0 Å². The molecule has 73 heavy (non-hydrogen) atoms. The minimum atomic E-state index is -0.0434. The molecule has 8 N–H and O–H groups in total. The second-order valence-electron chi connectivity index (χ2n) is 15.4. The van der Waals surface area contributed by atoms with Gasteiger partial charge >= 0.3 is 19.5 Å². The molecule has 0 spiro atoms. The molecule has 2 aliphatic heterocycles. The van der Waals surface area contributed by atoms with Crippen molar-refractivity contribution in [3.8, 4) is 45.6 Å². The van der Waals surface area contributed by atoms with Gasteiger partial charge in [0.1, 0.15) is 0 Å². The van der Waals surface area contributed by atoms with Crippen LogP contribution in [0.15, 0.2) is 87.7 Å². The van der Waals surface area contributed by atoms with E-state index in [0.29, 0.717) is 136 Å². The fourth-order valence-corrected chi connectivity index (χ4v) is 15.0. The number of hydrogen-bond acceptors (Lipinski definition) is 22. The average molecular weight is 1190 g/mol. The molecular formula is C48H48N8O8S8Zn. The normalized spacial score (nSPS) is 11.9. The zero-order valence-corrected chi connectivity index (χ0v) is 48.6. The van der Waals surface area contributed by atoms with E-state index >= 15 is 0 Å². The van der Waals surface area contributed by atoms with Gasteiger partial charge < -0.3 is 70.8 Å². The molecule has 0 radical (unpaired) electrons. The Kier molecular flexibility index (Phi) is 21.0. The summed E-state index contributed by atoms with van der Waals surface area (Å²) in [5.41, 5.74) is 4.00. The van der Waals surface area contributed by atoms with Crippen LogP contribution in [0.4, 0.5) is 0 Å². The first kappa shape index (κ1) is 56.5. The quantitative estimate of drug-likeness (QED) is 0.0228. The van der Waals surface area contributed by atoms with Gasteiger partial charge in [0.25, 0.3) is 0 Å². The maximum absolute atomic E-state index is 9.91. The first-order chi connectivity index (χ1) is 35.3. The first-order valence-corrected chi connectivity index (χ1v) is 30.6. The Morgan fingerprint density at radius 2 is 0.452 bits per heavy atom. The Labute approximate surface area is 466 Å². The van der Waals surface area contributed by atoms with Crippen molar-refractivity contribution in [2.75, 3.05) is 98.9 Å². The number of thioether (sulfide) groups is 8. The van der Waals surface area contributed by atoms with Crippen molar-refractivity contribution in [3.05, 3.63) is 48.5 Å². The van der Waals surface area contributed by atoms with Crippen molar-refractivity contribution in [3.63, 3.8) is 0 Å². The number of aliphatic hydroxyl groups excluding tert-OH is 8. The van der Waals surface area contributed by atoms with Crippen molar-refractivity contribution in [1.29, 1.82) is 0 Å². The van der Waals surface area contributed by atoms with Crippen LogP contribution in [0.2, 0.25) is 0 Å². The number of fused-ring (bicyclic) bond motifs is 20. The third-order valence-electron chi connectivity index (χ3n) is 10.7. The molecule has 0 saturated carbocycles. The third-order valence-corrected chi connectivity index (χ3v) is 19.5. The summed E-state index contributed by atoms with van der Waals surface area (Å²) in [6.07, 6.45) is 0. The number of rotatable bonds is 24. The molecule has 25 heteroatoms. The van der Waals surface area contributed by atoms with E-state index in [1.165, 1.54) is 94.1 Å². The van der Waals surface area contributed by atoms with E-state index in [9.17, 15) is 40.9 Å². The van der Waals surface area contributed by atoms with Crippen LogP contribution in [0.3, 0.4) is 0 Å². The van der Waals surface area contributed by atoms with Gasteiger partial charge in [0, 0.05) is 130 Å². The number of nitrogens with zero attached hydrogens (tertiary/aromatic N) is 8. The fourth-order valence-electron chi connectivity index (χ4n) is 7.83. The summed E-state index contributed by atoms with van der Waals surface area (Å²) in [7, 11) is 0. The van der Waals surface area contributed by atoms with Gasteiger partial charge in [-0.25, -0.2) is 9.97 Å². The van der Waals surface area contributed by atoms with Crippen molar-refractivity contribution >= 4 is 138 Å². The molecule has 9 rings (SSSR count). The molecule has 0 unspecified atom stereocenters. The van der Waals surface area contributed by atoms with Crippen molar-refractivity contribution in [1.82, 2.24) is 39.9 Å². The van der Waals surface area contributed by atoms with Crippen molar-refractivity contribution in [2.24, 2.45) is 0 Å². The smallest absolute Gasteiger partial charge is 0.396 e. The standard InChI is InChI=1S/C48H48N8O8S8.Zn/c57-1-9-65-33-17-25-26(18-34(33)66-10-2-58)42-49-41(25)53-43-27-19-35(67-11-3-59)36(68-12-4-60)20-28(27)45(50-43)55-47-31-23-39(71-15-7-63)40(72-16-8-64)24-32(31)48(52-47)56-46-30-22-38(70-14-6-62)37(69-13-5-61)21-29(30)44(51-46)54-42;/h17-24,57-64H,1-16H2;/q-2;+2. The van der Waals surface area contributed by atoms with Crippen LogP contribution in [-0.4, -0.2) is 170 Å². The Morgan fingerprint density at radius 3 is 0.630 bits per heavy atom. The second kappa shape index (κ2) is 27.1. The second-order valence-corrected chi connectivity index (χ2v) is 24.5. The molecule has 8 bridgehead atoms.